The molecule has 0 aliphatic carbocycles. The summed E-state index contributed by atoms with van der Waals surface area (Å²) in [6.07, 6.45) is 0. The summed E-state index contributed by atoms with van der Waals surface area (Å²) >= 11 is 0. The van der Waals surface area contributed by atoms with Crippen molar-refractivity contribution in [3.63, 3.8) is 0 Å². The van der Waals surface area contributed by atoms with E-state index in [1.54, 1.807) is 7.11 Å². The van der Waals surface area contributed by atoms with Crippen LogP contribution >= 0.6 is 0 Å². The topological polar surface area (TPSA) is 39.9 Å². The molecule has 0 aliphatic heterocycles. The number of aromatic nitrogens is 3. The summed E-state index contributed by atoms with van der Waals surface area (Å²) in [6.45, 7) is 3.86. The Morgan fingerprint density at radius 2 is 2.00 bits per heavy atom. The molecule has 1 aromatic heterocycles. The number of hydrogen-bond donors (Lipinski definition) is 0. The largest absolute Gasteiger partial charge is 0.497 e. The summed E-state index contributed by atoms with van der Waals surface area (Å²) in [5, 5.41) is 8.34. The molecule has 0 unspecified atom stereocenters. The van der Waals surface area contributed by atoms with E-state index in [0.29, 0.717) is 5.76 Å². The highest BCUT2D eigenvalue weighted by atomic mass is 16.5. The van der Waals surface area contributed by atoms with Crippen LogP contribution in [0.2, 0.25) is 0 Å². The Bertz CT molecular complexity index is 746. The molecule has 3 aromatic rings. The van der Waals surface area contributed by atoms with Gasteiger partial charge in [0.2, 0.25) is 0 Å². The summed E-state index contributed by atoms with van der Waals surface area (Å²) in [5.41, 5.74) is 3.71. The molecule has 0 amide bonds. The second kappa shape index (κ2) is 4.57. The first-order valence-electron chi connectivity index (χ1n) is 5.94. The monoisotopic (exact) mass is 251 g/mol. The second-order valence-electron chi connectivity index (χ2n) is 4.17. The zero-order valence-electron chi connectivity index (χ0n) is 10.6. The molecule has 0 N–H and O–H groups in total. The van der Waals surface area contributed by atoms with Gasteiger partial charge in [-0.25, -0.2) is 4.68 Å². The Labute approximate surface area is 110 Å². The van der Waals surface area contributed by atoms with E-state index in [2.05, 4.69) is 16.9 Å². The lowest BCUT2D eigenvalue weighted by atomic mass is 10.1. The highest BCUT2D eigenvalue weighted by molar-refractivity contribution is 5.76. The van der Waals surface area contributed by atoms with Crippen LogP contribution in [0.5, 0.6) is 0 Å². The van der Waals surface area contributed by atoms with E-state index in [-0.39, 0.29) is 0 Å². The summed E-state index contributed by atoms with van der Waals surface area (Å²) in [6, 6.07) is 15.7. The lowest BCUT2D eigenvalue weighted by Gasteiger charge is -2.07. The van der Waals surface area contributed by atoms with E-state index in [1.807, 2.05) is 53.2 Å². The molecule has 0 bridgehead atoms. The molecule has 19 heavy (non-hydrogen) atoms. The molecule has 1 heterocycles. The number of rotatable bonds is 3. The molecular weight excluding hydrogens is 238 g/mol. The molecule has 3 rings (SSSR count). The Morgan fingerprint density at radius 1 is 1.16 bits per heavy atom. The first kappa shape index (κ1) is 11.5. The smallest absolute Gasteiger partial charge is 0.118 e. The second-order valence-corrected chi connectivity index (χ2v) is 4.17. The number of nitrogens with zero attached hydrogens (tertiary/aromatic N) is 3. The number of ether oxygens (including phenoxy) is 1. The third-order valence-corrected chi connectivity index (χ3v) is 3.01. The van der Waals surface area contributed by atoms with E-state index in [0.717, 1.165) is 22.3 Å². The van der Waals surface area contributed by atoms with Crippen LogP contribution in [-0.4, -0.2) is 22.1 Å². The molecule has 0 aliphatic rings. The molecule has 0 fully saturated rings. The van der Waals surface area contributed by atoms with Gasteiger partial charge in [-0.2, -0.15) is 0 Å². The SMILES string of the molecule is C=C(OC)c1cccc(-n2nnc3ccccc32)c1. The van der Waals surface area contributed by atoms with Gasteiger partial charge in [-0.1, -0.05) is 36.1 Å². The van der Waals surface area contributed by atoms with Crippen molar-refractivity contribution < 1.29 is 4.74 Å². The van der Waals surface area contributed by atoms with E-state index in [9.17, 15) is 0 Å². The highest BCUT2D eigenvalue weighted by Gasteiger charge is 2.07. The fourth-order valence-electron chi connectivity index (χ4n) is 1.99. The van der Waals surface area contributed by atoms with Crippen molar-refractivity contribution in [2.24, 2.45) is 0 Å². The predicted octanol–water partition coefficient (Wildman–Crippen LogP) is 3.04. The predicted molar refractivity (Wildman–Crippen MR) is 74.9 cm³/mol. The fraction of sp³-hybridized carbons (Fsp3) is 0.0667. The normalized spacial score (nSPS) is 10.6. The maximum absolute atomic E-state index is 5.16. The van der Waals surface area contributed by atoms with Gasteiger partial charge in [-0.3, -0.25) is 0 Å². The zero-order valence-corrected chi connectivity index (χ0v) is 10.6. The Hall–Kier alpha value is -2.62. The molecule has 4 heteroatoms. The Kier molecular flexibility index (Phi) is 2.76. The standard InChI is InChI=1S/C15H13N3O/c1-11(19-2)12-6-5-7-13(10-12)18-15-9-4-3-8-14(15)16-17-18/h3-10H,1H2,2H3. The molecule has 0 saturated carbocycles. The maximum Gasteiger partial charge on any atom is 0.118 e. The van der Waals surface area contributed by atoms with Gasteiger partial charge in [-0.05, 0) is 24.3 Å². The molecule has 0 atom stereocenters. The van der Waals surface area contributed by atoms with Crippen molar-refractivity contribution in [2.75, 3.05) is 7.11 Å². The van der Waals surface area contributed by atoms with Gasteiger partial charge >= 0.3 is 0 Å². The van der Waals surface area contributed by atoms with Crippen LogP contribution < -0.4 is 0 Å². The average molecular weight is 251 g/mol. The van der Waals surface area contributed by atoms with Crippen molar-refractivity contribution in [3.8, 4) is 5.69 Å². The zero-order chi connectivity index (χ0) is 13.2. The minimum Gasteiger partial charge on any atom is -0.497 e. The van der Waals surface area contributed by atoms with E-state index >= 15 is 0 Å². The van der Waals surface area contributed by atoms with E-state index in [1.165, 1.54) is 0 Å². The molecule has 0 radical (unpaired) electrons. The maximum atomic E-state index is 5.16. The van der Waals surface area contributed by atoms with Crippen LogP contribution in [0.15, 0.2) is 55.1 Å². The number of fused-ring (bicyclic) bond motifs is 1. The summed E-state index contributed by atoms with van der Waals surface area (Å²) < 4.78 is 6.96. The third-order valence-electron chi connectivity index (χ3n) is 3.01. The van der Waals surface area contributed by atoms with Crippen LogP contribution in [0.25, 0.3) is 22.5 Å². The van der Waals surface area contributed by atoms with Crippen LogP contribution in [-0.2, 0) is 4.74 Å². The van der Waals surface area contributed by atoms with Crippen molar-refractivity contribution in [1.82, 2.24) is 15.0 Å². The number of benzene rings is 2. The van der Waals surface area contributed by atoms with Gasteiger partial charge in [0.25, 0.3) is 0 Å². The third kappa shape index (κ3) is 1.97. The lowest BCUT2D eigenvalue weighted by molar-refractivity contribution is 0.371. The summed E-state index contributed by atoms with van der Waals surface area (Å²) in [7, 11) is 1.61. The average Bonchev–Trinajstić information content (AvgIpc) is 2.90. The van der Waals surface area contributed by atoms with Crippen LogP contribution in [0.1, 0.15) is 5.56 Å². The minimum absolute atomic E-state index is 0.631. The minimum atomic E-state index is 0.631. The fourth-order valence-corrected chi connectivity index (χ4v) is 1.99. The van der Waals surface area contributed by atoms with Gasteiger partial charge in [0.05, 0.1) is 18.3 Å². The summed E-state index contributed by atoms with van der Waals surface area (Å²) in [4.78, 5) is 0. The van der Waals surface area contributed by atoms with Crippen LogP contribution in [0.3, 0.4) is 0 Å². The molecule has 2 aromatic carbocycles. The van der Waals surface area contributed by atoms with Crippen LogP contribution in [0.4, 0.5) is 0 Å². The molecule has 94 valence electrons. The van der Waals surface area contributed by atoms with Crippen molar-refractivity contribution in [1.29, 1.82) is 0 Å². The van der Waals surface area contributed by atoms with Crippen molar-refractivity contribution in [2.45, 2.75) is 0 Å². The van der Waals surface area contributed by atoms with Gasteiger partial charge in [0.1, 0.15) is 11.3 Å². The van der Waals surface area contributed by atoms with E-state index < -0.39 is 0 Å². The molecule has 4 nitrogen and oxygen atoms in total. The van der Waals surface area contributed by atoms with Crippen molar-refractivity contribution in [3.05, 3.63) is 60.7 Å². The summed E-state index contributed by atoms with van der Waals surface area (Å²) in [5.74, 6) is 0.631. The van der Waals surface area contributed by atoms with Crippen molar-refractivity contribution >= 4 is 16.8 Å². The number of hydrogen-bond acceptors (Lipinski definition) is 3. The molecular formula is C15H13N3O. The number of methoxy groups -OCH3 is 1. The lowest BCUT2D eigenvalue weighted by Crippen LogP contribution is -1.97. The highest BCUT2D eigenvalue weighted by Crippen LogP contribution is 2.20. The van der Waals surface area contributed by atoms with Gasteiger partial charge in [-0.15, -0.1) is 5.10 Å². The van der Waals surface area contributed by atoms with Crippen LogP contribution in [0, 0.1) is 0 Å². The quantitative estimate of drug-likeness (QED) is 0.672. The van der Waals surface area contributed by atoms with E-state index in [4.69, 9.17) is 4.74 Å². The van der Waals surface area contributed by atoms with Gasteiger partial charge < -0.3 is 4.74 Å². The first-order valence-corrected chi connectivity index (χ1v) is 5.94. The first-order chi connectivity index (χ1) is 9.29. The number of para-hydroxylation sites is 1. The molecule has 0 spiro atoms. The Balaban J connectivity index is 2.14. The van der Waals surface area contributed by atoms with Gasteiger partial charge in [0, 0.05) is 5.56 Å². The van der Waals surface area contributed by atoms with Gasteiger partial charge in [0.15, 0.2) is 0 Å². The Morgan fingerprint density at radius 3 is 2.84 bits per heavy atom. The molecule has 0 saturated heterocycles.